The van der Waals surface area contributed by atoms with Crippen molar-refractivity contribution < 1.29 is 9.90 Å². The molecule has 0 unspecified atom stereocenters. The molecule has 0 bridgehead atoms. The molecule has 1 amide bonds. The van der Waals surface area contributed by atoms with Gasteiger partial charge < -0.3 is 10.4 Å². The molecule has 0 saturated heterocycles. The van der Waals surface area contributed by atoms with Crippen molar-refractivity contribution >= 4 is 24.6 Å². The third-order valence-electron chi connectivity index (χ3n) is 6.84. The number of carbonyl (C=O) groups is 1. The molecule has 1 aromatic carbocycles. The van der Waals surface area contributed by atoms with E-state index in [1.54, 1.807) is 19.5 Å². The van der Waals surface area contributed by atoms with E-state index < -0.39 is 0 Å². The van der Waals surface area contributed by atoms with Gasteiger partial charge in [-0.05, 0) is 73.6 Å². The Labute approximate surface area is 220 Å². The van der Waals surface area contributed by atoms with Crippen molar-refractivity contribution in [1.29, 1.82) is 0 Å². The highest BCUT2D eigenvalue weighted by atomic mass is 16.3. The third-order valence-corrected chi connectivity index (χ3v) is 6.84. The number of hydrogen-bond donors (Lipinski definition) is 2. The molecule has 0 spiro atoms. The number of allylic oxidation sites excluding steroid dienone is 6. The molecule has 1 aliphatic carbocycles. The topological polar surface area (TPSA) is 86.4 Å². The largest absolute Gasteiger partial charge is 0.513 e. The maximum absolute atomic E-state index is 10.6. The van der Waals surface area contributed by atoms with Crippen LogP contribution in [0.15, 0.2) is 98.9 Å². The van der Waals surface area contributed by atoms with Crippen LogP contribution in [0.2, 0.25) is 0 Å². The second-order valence-corrected chi connectivity index (χ2v) is 9.59. The van der Waals surface area contributed by atoms with Crippen LogP contribution in [0.1, 0.15) is 62.5 Å². The Balaban J connectivity index is 1.58. The van der Waals surface area contributed by atoms with Crippen molar-refractivity contribution in [3.8, 4) is 0 Å². The van der Waals surface area contributed by atoms with Gasteiger partial charge in [0.15, 0.2) is 0 Å². The first kappa shape index (κ1) is 27.8. The Kier molecular flexibility index (Phi) is 11.0. The van der Waals surface area contributed by atoms with E-state index in [2.05, 4.69) is 58.3 Å². The summed E-state index contributed by atoms with van der Waals surface area (Å²) < 4.78 is 0. The van der Waals surface area contributed by atoms with Crippen molar-refractivity contribution in [3.05, 3.63) is 95.1 Å². The SMILES string of the molecule is C=C(O)CC1CCC(c2ccc(C3=NC=C(C=NC/C=C(C)/C(C=NC)=C/NC=O)CC=C3)cc2)CC1. The number of nitrogens with one attached hydrogen (secondary N) is 1. The number of benzene rings is 1. The van der Waals surface area contributed by atoms with Crippen LogP contribution in [-0.4, -0.2) is 43.2 Å². The number of aliphatic imine (C=N–C) groups is 3. The molecule has 0 radical (unpaired) electrons. The molecule has 1 saturated carbocycles. The smallest absolute Gasteiger partial charge is 0.211 e. The van der Waals surface area contributed by atoms with Crippen molar-refractivity contribution in [3.63, 3.8) is 0 Å². The van der Waals surface area contributed by atoms with Gasteiger partial charge in [-0.15, -0.1) is 0 Å². The third kappa shape index (κ3) is 8.98. The summed E-state index contributed by atoms with van der Waals surface area (Å²) in [6.45, 7) is 6.13. The predicted octanol–water partition coefficient (Wildman–Crippen LogP) is 6.40. The number of carbonyl (C=O) groups excluding carboxylic acids is 1. The fourth-order valence-electron chi connectivity index (χ4n) is 4.76. The van der Waals surface area contributed by atoms with Gasteiger partial charge in [0, 0.05) is 49.4 Å². The summed E-state index contributed by atoms with van der Waals surface area (Å²) in [6, 6.07) is 8.82. The van der Waals surface area contributed by atoms with E-state index >= 15 is 0 Å². The van der Waals surface area contributed by atoms with Crippen LogP contribution in [0.25, 0.3) is 0 Å². The summed E-state index contributed by atoms with van der Waals surface area (Å²) in [5, 5.41) is 12.0. The fraction of sp³-hybridized carbons (Fsp3) is 0.355. The van der Waals surface area contributed by atoms with Gasteiger partial charge >= 0.3 is 0 Å². The molecular formula is C31H38N4O2. The predicted molar refractivity (Wildman–Crippen MR) is 155 cm³/mol. The average molecular weight is 499 g/mol. The zero-order valence-electron chi connectivity index (χ0n) is 21.9. The maximum Gasteiger partial charge on any atom is 0.211 e. The number of rotatable bonds is 11. The second kappa shape index (κ2) is 14.7. The summed E-state index contributed by atoms with van der Waals surface area (Å²) in [5.41, 5.74) is 6.32. The summed E-state index contributed by atoms with van der Waals surface area (Å²) >= 11 is 0. The van der Waals surface area contributed by atoms with E-state index in [1.807, 2.05) is 25.4 Å². The molecule has 6 heteroatoms. The van der Waals surface area contributed by atoms with Gasteiger partial charge in [-0.2, -0.15) is 0 Å². The first-order chi connectivity index (χ1) is 18.0. The van der Waals surface area contributed by atoms with Crippen molar-refractivity contribution in [2.45, 2.75) is 51.4 Å². The molecule has 3 rings (SSSR count). The lowest BCUT2D eigenvalue weighted by Gasteiger charge is -2.28. The van der Waals surface area contributed by atoms with Crippen LogP contribution in [-0.2, 0) is 4.79 Å². The number of aliphatic hydroxyl groups excluding tert-OH is 1. The van der Waals surface area contributed by atoms with Crippen LogP contribution in [0.3, 0.4) is 0 Å². The minimum absolute atomic E-state index is 0.314. The van der Waals surface area contributed by atoms with Gasteiger partial charge in [-0.25, -0.2) is 0 Å². The van der Waals surface area contributed by atoms with Crippen molar-refractivity contribution in [2.24, 2.45) is 20.9 Å². The number of nitrogens with zero attached hydrogens (tertiary/aromatic N) is 3. The molecule has 0 aromatic heterocycles. The van der Waals surface area contributed by atoms with Crippen LogP contribution in [0.5, 0.6) is 0 Å². The molecule has 2 aliphatic rings. The summed E-state index contributed by atoms with van der Waals surface area (Å²) in [6.07, 6.45) is 20.0. The Morgan fingerprint density at radius 1 is 1.22 bits per heavy atom. The van der Waals surface area contributed by atoms with Crippen LogP contribution in [0.4, 0.5) is 0 Å². The van der Waals surface area contributed by atoms with Gasteiger partial charge in [0.1, 0.15) is 0 Å². The summed E-state index contributed by atoms with van der Waals surface area (Å²) in [4.78, 5) is 23.8. The lowest BCUT2D eigenvalue weighted by molar-refractivity contribution is -0.108. The zero-order chi connectivity index (χ0) is 26.5. The minimum atomic E-state index is 0.314. The van der Waals surface area contributed by atoms with E-state index in [9.17, 15) is 9.90 Å². The van der Waals surface area contributed by atoms with Gasteiger partial charge in [-0.1, -0.05) is 43.0 Å². The molecule has 1 heterocycles. The molecule has 2 N–H and O–H groups in total. The summed E-state index contributed by atoms with van der Waals surface area (Å²) in [5.74, 6) is 1.47. The summed E-state index contributed by atoms with van der Waals surface area (Å²) in [7, 11) is 1.69. The van der Waals surface area contributed by atoms with Gasteiger partial charge in [-0.3, -0.25) is 19.8 Å². The van der Waals surface area contributed by atoms with Gasteiger partial charge in [0.05, 0.1) is 18.0 Å². The van der Waals surface area contributed by atoms with Gasteiger partial charge in [0.2, 0.25) is 6.41 Å². The molecule has 1 aromatic rings. The highest BCUT2D eigenvalue weighted by Gasteiger charge is 2.22. The highest BCUT2D eigenvalue weighted by Crippen LogP contribution is 2.37. The molecule has 6 nitrogen and oxygen atoms in total. The zero-order valence-corrected chi connectivity index (χ0v) is 21.9. The van der Waals surface area contributed by atoms with Crippen molar-refractivity contribution in [2.75, 3.05) is 13.6 Å². The minimum Gasteiger partial charge on any atom is -0.513 e. The number of aliphatic hydroxyl groups is 1. The monoisotopic (exact) mass is 498 g/mol. The molecule has 194 valence electrons. The molecular weight excluding hydrogens is 460 g/mol. The average Bonchev–Trinajstić information content (AvgIpc) is 3.15. The molecule has 0 atom stereocenters. The fourth-order valence-corrected chi connectivity index (χ4v) is 4.76. The Bertz CT molecular complexity index is 1140. The molecule has 1 aliphatic heterocycles. The van der Waals surface area contributed by atoms with Crippen LogP contribution in [0, 0.1) is 5.92 Å². The van der Waals surface area contributed by atoms with E-state index in [-0.39, 0.29) is 0 Å². The van der Waals surface area contributed by atoms with Crippen molar-refractivity contribution in [1.82, 2.24) is 5.32 Å². The van der Waals surface area contributed by atoms with E-state index in [0.717, 1.165) is 66.5 Å². The molecule has 1 fully saturated rings. The van der Waals surface area contributed by atoms with E-state index in [4.69, 9.17) is 4.99 Å². The van der Waals surface area contributed by atoms with Gasteiger partial charge in [0.25, 0.3) is 0 Å². The van der Waals surface area contributed by atoms with E-state index in [1.165, 1.54) is 5.56 Å². The first-order valence-electron chi connectivity index (χ1n) is 12.9. The Morgan fingerprint density at radius 3 is 2.65 bits per heavy atom. The number of hydrogen-bond acceptors (Lipinski definition) is 5. The van der Waals surface area contributed by atoms with Crippen LogP contribution < -0.4 is 5.32 Å². The van der Waals surface area contributed by atoms with E-state index in [0.29, 0.717) is 30.5 Å². The Hall–Kier alpha value is -3.80. The maximum atomic E-state index is 10.6. The van der Waals surface area contributed by atoms with Crippen LogP contribution >= 0.6 is 0 Å². The normalized spacial score (nSPS) is 21.0. The standard InChI is InChI=1S/C31H38N4O2/c1-23(30(20-32-3)21-34-22-36)15-16-33-18-26-5-4-6-31(35-19-26)29-13-11-28(12-14-29)27-9-7-25(8-10-27)17-24(2)37/h4,6,11-15,18-22,25,27,37H,2,5,7-10,16-17H2,1,3H3,(H,34,36)/b23-15+,30-21+,32-20?,33-18?. The number of amides is 1. The second-order valence-electron chi connectivity index (χ2n) is 9.59. The molecule has 37 heavy (non-hydrogen) atoms. The quantitative estimate of drug-likeness (QED) is 0.160. The Morgan fingerprint density at radius 2 is 1.97 bits per heavy atom. The lowest BCUT2D eigenvalue weighted by Crippen LogP contribution is -2.14. The lowest BCUT2D eigenvalue weighted by atomic mass is 9.77. The highest BCUT2D eigenvalue weighted by molar-refractivity contribution is 6.09. The first-order valence-corrected chi connectivity index (χ1v) is 12.9.